The van der Waals surface area contributed by atoms with Gasteiger partial charge in [-0.2, -0.15) is 0 Å². The molecule has 9 nitrogen and oxygen atoms in total. The minimum Gasteiger partial charge on any atom is -0.507 e. The van der Waals surface area contributed by atoms with Gasteiger partial charge in [-0.25, -0.2) is 4.39 Å². The van der Waals surface area contributed by atoms with Crippen LogP contribution < -0.4 is 4.74 Å². The van der Waals surface area contributed by atoms with E-state index in [9.17, 15) is 29.2 Å². The van der Waals surface area contributed by atoms with Gasteiger partial charge in [-0.3, -0.25) is 19.7 Å². The minimum atomic E-state index is -1.03. The fraction of sp³-hybridized carbons (Fsp3) is 0.238. The van der Waals surface area contributed by atoms with Crippen molar-refractivity contribution >= 4 is 23.1 Å². The predicted molar refractivity (Wildman–Crippen MR) is 107 cm³/mol. The summed E-state index contributed by atoms with van der Waals surface area (Å²) in [6.07, 6.45) is 0. The van der Waals surface area contributed by atoms with Crippen molar-refractivity contribution in [2.75, 3.05) is 27.4 Å². The van der Waals surface area contributed by atoms with E-state index in [-0.39, 0.29) is 35.7 Å². The number of amides is 1. The maximum Gasteiger partial charge on any atom is 0.295 e. The lowest BCUT2D eigenvalue weighted by Gasteiger charge is -2.25. The molecule has 1 atom stereocenters. The first-order valence-corrected chi connectivity index (χ1v) is 9.15. The lowest BCUT2D eigenvalue weighted by molar-refractivity contribution is -0.384. The average molecular weight is 430 g/mol. The normalized spacial score (nSPS) is 17.8. The summed E-state index contributed by atoms with van der Waals surface area (Å²) < 4.78 is 24.0. The molecule has 1 aliphatic heterocycles. The molecule has 0 aliphatic carbocycles. The molecule has 1 saturated heterocycles. The highest BCUT2D eigenvalue weighted by atomic mass is 19.1. The quantitative estimate of drug-likeness (QED) is 0.236. The number of nitro benzene ring substituents is 1. The number of ketones is 1. The highest BCUT2D eigenvalue weighted by Crippen LogP contribution is 2.40. The number of Topliss-reactive ketones (excluding diaryl/α,β-unsaturated/α-hetero) is 1. The van der Waals surface area contributed by atoms with Crippen LogP contribution in [-0.2, 0) is 14.3 Å². The third-order valence-electron chi connectivity index (χ3n) is 4.92. The van der Waals surface area contributed by atoms with Crippen LogP contribution >= 0.6 is 0 Å². The zero-order chi connectivity index (χ0) is 22.7. The van der Waals surface area contributed by atoms with Crippen LogP contribution in [0.25, 0.3) is 5.76 Å². The molecule has 1 heterocycles. The highest BCUT2D eigenvalue weighted by molar-refractivity contribution is 6.46. The number of nitrogens with zero attached hydrogens (tertiary/aromatic N) is 2. The van der Waals surface area contributed by atoms with Gasteiger partial charge in [0.05, 0.1) is 30.3 Å². The fourth-order valence-corrected chi connectivity index (χ4v) is 3.39. The number of aliphatic hydroxyl groups excluding tert-OH is 1. The lowest BCUT2D eigenvalue weighted by Crippen LogP contribution is -2.32. The summed E-state index contributed by atoms with van der Waals surface area (Å²) in [5.41, 5.74) is -0.0688. The second-order valence-electron chi connectivity index (χ2n) is 6.68. The van der Waals surface area contributed by atoms with Crippen LogP contribution in [0, 0.1) is 15.9 Å². The second kappa shape index (κ2) is 8.92. The monoisotopic (exact) mass is 430 g/mol. The van der Waals surface area contributed by atoms with Gasteiger partial charge in [0.2, 0.25) is 0 Å². The number of benzene rings is 2. The van der Waals surface area contributed by atoms with Crippen LogP contribution in [0.3, 0.4) is 0 Å². The summed E-state index contributed by atoms with van der Waals surface area (Å²) in [5, 5.41) is 21.8. The largest absolute Gasteiger partial charge is 0.507 e. The van der Waals surface area contributed by atoms with Gasteiger partial charge < -0.3 is 19.5 Å². The van der Waals surface area contributed by atoms with Crippen LogP contribution in [0.2, 0.25) is 0 Å². The molecule has 162 valence electrons. The third-order valence-corrected chi connectivity index (χ3v) is 4.92. The number of hydrogen-bond donors (Lipinski definition) is 1. The van der Waals surface area contributed by atoms with Gasteiger partial charge in [-0.05, 0) is 35.9 Å². The van der Waals surface area contributed by atoms with Crippen molar-refractivity contribution in [3.8, 4) is 5.75 Å². The Morgan fingerprint density at radius 1 is 1.19 bits per heavy atom. The Hall–Kier alpha value is -3.79. The summed E-state index contributed by atoms with van der Waals surface area (Å²) in [7, 11) is 2.71. The Morgan fingerprint density at radius 3 is 2.42 bits per heavy atom. The molecule has 0 spiro atoms. The molecule has 0 saturated carbocycles. The maximum atomic E-state index is 14.2. The van der Waals surface area contributed by atoms with Crippen molar-refractivity contribution in [2.24, 2.45) is 0 Å². The molecule has 2 aromatic carbocycles. The number of non-ortho nitro benzene ring substituents is 1. The van der Waals surface area contributed by atoms with Crippen LogP contribution in [0.5, 0.6) is 5.75 Å². The fourth-order valence-electron chi connectivity index (χ4n) is 3.39. The number of nitro groups is 1. The molecule has 0 aromatic heterocycles. The third kappa shape index (κ3) is 4.10. The van der Waals surface area contributed by atoms with Crippen LogP contribution in [0.4, 0.5) is 10.1 Å². The van der Waals surface area contributed by atoms with Crippen molar-refractivity contribution < 1.29 is 33.5 Å². The number of ether oxygens (including phenoxy) is 2. The standard InChI is InChI=1S/C21H19FN2O7/c1-30-10-9-23-18(12-3-6-14(7-4-12)24(28)29)17(20(26)21(23)27)19(25)13-5-8-16(31-2)15(22)11-13/h3-8,11,18,25H,9-10H2,1-2H3/t18-/m1/s1. The van der Waals surface area contributed by atoms with Gasteiger partial charge in [0.1, 0.15) is 5.76 Å². The number of likely N-dealkylation sites (tertiary alicyclic amines) is 1. The Labute approximate surface area is 176 Å². The molecule has 2 aromatic rings. The van der Waals surface area contributed by atoms with Gasteiger partial charge in [0, 0.05) is 31.4 Å². The molecule has 1 aliphatic rings. The van der Waals surface area contributed by atoms with Crippen LogP contribution in [-0.4, -0.2) is 54.0 Å². The van der Waals surface area contributed by atoms with E-state index >= 15 is 0 Å². The molecule has 1 fully saturated rings. The lowest BCUT2D eigenvalue weighted by atomic mass is 9.95. The first kappa shape index (κ1) is 21.9. The molecule has 1 N–H and O–H groups in total. The summed E-state index contributed by atoms with van der Waals surface area (Å²) in [6.45, 7) is 0.157. The number of carbonyl (C=O) groups excluding carboxylic acids is 2. The second-order valence-corrected chi connectivity index (χ2v) is 6.68. The predicted octanol–water partition coefficient (Wildman–Crippen LogP) is 2.81. The van der Waals surface area contributed by atoms with E-state index in [0.717, 1.165) is 6.07 Å². The summed E-state index contributed by atoms with van der Waals surface area (Å²) in [5.74, 6) is -3.19. The number of methoxy groups -OCH3 is 2. The Bertz CT molecular complexity index is 1070. The number of hydrogen-bond acceptors (Lipinski definition) is 7. The molecule has 31 heavy (non-hydrogen) atoms. The van der Waals surface area contributed by atoms with Crippen molar-refractivity contribution in [2.45, 2.75) is 6.04 Å². The van der Waals surface area contributed by atoms with E-state index in [1.54, 1.807) is 0 Å². The number of halogens is 1. The van der Waals surface area contributed by atoms with Gasteiger partial charge in [0.15, 0.2) is 11.6 Å². The zero-order valence-electron chi connectivity index (χ0n) is 16.7. The number of carbonyl (C=O) groups is 2. The molecular weight excluding hydrogens is 411 g/mol. The van der Waals surface area contributed by atoms with Gasteiger partial charge in [-0.1, -0.05) is 0 Å². The van der Waals surface area contributed by atoms with Gasteiger partial charge in [0.25, 0.3) is 17.4 Å². The van der Waals surface area contributed by atoms with Crippen molar-refractivity contribution in [1.29, 1.82) is 0 Å². The van der Waals surface area contributed by atoms with Crippen molar-refractivity contribution in [1.82, 2.24) is 4.90 Å². The van der Waals surface area contributed by atoms with E-state index in [0.29, 0.717) is 5.56 Å². The van der Waals surface area contributed by atoms with Gasteiger partial charge >= 0.3 is 0 Å². The number of rotatable bonds is 7. The molecule has 10 heteroatoms. The van der Waals surface area contributed by atoms with Crippen molar-refractivity contribution in [3.63, 3.8) is 0 Å². The maximum absolute atomic E-state index is 14.2. The SMILES string of the molecule is COCCN1C(=O)C(=O)C(=C(O)c2ccc(OC)c(F)c2)[C@H]1c1ccc([N+](=O)[O-])cc1. The Balaban J connectivity index is 2.15. The molecule has 3 rings (SSSR count). The van der Waals surface area contributed by atoms with Crippen molar-refractivity contribution in [3.05, 3.63) is 75.1 Å². The van der Waals surface area contributed by atoms with Crippen LogP contribution in [0.15, 0.2) is 48.0 Å². The average Bonchev–Trinajstić information content (AvgIpc) is 3.01. The molecule has 1 amide bonds. The zero-order valence-corrected chi connectivity index (χ0v) is 16.7. The molecule has 0 radical (unpaired) electrons. The van der Waals surface area contributed by atoms with E-state index in [2.05, 4.69) is 0 Å². The van der Waals surface area contributed by atoms with Crippen LogP contribution in [0.1, 0.15) is 17.2 Å². The topological polar surface area (TPSA) is 119 Å². The molecular formula is C21H19FN2O7. The Kier molecular flexibility index (Phi) is 6.30. The summed E-state index contributed by atoms with van der Waals surface area (Å²) >= 11 is 0. The first-order chi connectivity index (χ1) is 14.8. The van der Waals surface area contributed by atoms with E-state index in [1.165, 1.54) is 55.5 Å². The first-order valence-electron chi connectivity index (χ1n) is 9.15. The van der Waals surface area contributed by atoms with E-state index in [1.807, 2.05) is 0 Å². The summed E-state index contributed by atoms with van der Waals surface area (Å²) in [6, 6.07) is 7.87. The van der Waals surface area contributed by atoms with Gasteiger partial charge in [-0.15, -0.1) is 0 Å². The molecule has 0 unspecified atom stereocenters. The number of aliphatic hydroxyl groups is 1. The summed E-state index contributed by atoms with van der Waals surface area (Å²) in [4.78, 5) is 37.0. The Morgan fingerprint density at radius 2 is 1.87 bits per heavy atom. The molecule has 0 bridgehead atoms. The highest BCUT2D eigenvalue weighted by Gasteiger charge is 2.46. The van der Waals surface area contributed by atoms with E-state index < -0.39 is 34.2 Å². The smallest absolute Gasteiger partial charge is 0.295 e. The van der Waals surface area contributed by atoms with E-state index in [4.69, 9.17) is 9.47 Å². The minimum absolute atomic E-state index is 0.0186.